The first kappa shape index (κ1) is 15.4. The van der Waals surface area contributed by atoms with Crippen molar-refractivity contribution in [1.82, 2.24) is 0 Å². The lowest BCUT2D eigenvalue weighted by Crippen LogP contribution is -1.94. The van der Waals surface area contributed by atoms with Gasteiger partial charge in [-0.3, -0.25) is 0 Å². The van der Waals surface area contributed by atoms with Gasteiger partial charge in [0.1, 0.15) is 11.5 Å². The van der Waals surface area contributed by atoms with E-state index in [1.165, 1.54) is 6.07 Å². The van der Waals surface area contributed by atoms with Gasteiger partial charge in [-0.25, -0.2) is 0 Å². The SMILES string of the molecule is C=C(C)C#Cc1cc(O)c(C#CC(=C)C)c(CO)c1O. The van der Waals surface area contributed by atoms with Crippen molar-refractivity contribution in [1.29, 1.82) is 0 Å². The van der Waals surface area contributed by atoms with Gasteiger partial charge in [-0.05, 0) is 25.0 Å². The fourth-order valence-corrected chi connectivity index (χ4v) is 1.44. The number of hydrogen-bond donors (Lipinski definition) is 3. The fraction of sp³-hybridized carbons (Fsp3) is 0.176. The molecule has 0 spiro atoms. The lowest BCUT2D eigenvalue weighted by molar-refractivity contribution is 0.274. The van der Waals surface area contributed by atoms with Gasteiger partial charge >= 0.3 is 0 Å². The molecule has 3 N–H and O–H groups in total. The summed E-state index contributed by atoms with van der Waals surface area (Å²) >= 11 is 0. The van der Waals surface area contributed by atoms with Crippen LogP contribution < -0.4 is 0 Å². The monoisotopic (exact) mass is 268 g/mol. The van der Waals surface area contributed by atoms with Crippen LogP contribution in [-0.4, -0.2) is 15.3 Å². The van der Waals surface area contributed by atoms with Gasteiger partial charge in [0.25, 0.3) is 0 Å². The number of aliphatic hydroxyl groups is 1. The molecule has 0 atom stereocenters. The molecule has 0 aliphatic rings. The fourth-order valence-electron chi connectivity index (χ4n) is 1.44. The Labute approximate surface area is 118 Å². The minimum atomic E-state index is -0.456. The first-order valence-electron chi connectivity index (χ1n) is 5.90. The summed E-state index contributed by atoms with van der Waals surface area (Å²) < 4.78 is 0. The molecule has 1 aromatic carbocycles. The predicted molar refractivity (Wildman–Crippen MR) is 79.1 cm³/mol. The molecule has 1 aromatic rings. The van der Waals surface area contributed by atoms with E-state index in [1.54, 1.807) is 13.8 Å². The third kappa shape index (κ3) is 3.68. The zero-order chi connectivity index (χ0) is 15.3. The van der Waals surface area contributed by atoms with Crippen molar-refractivity contribution in [3.63, 3.8) is 0 Å². The van der Waals surface area contributed by atoms with E-state index in [1.807, 2.05) is 0 Å². The highest BCUT2D eigenvalue weighted by atomic mass is 16.3. The van der Waals surface area contributed by atoms with Crippen LogP contribution in [0, 0.1) is 23.7 Å². The summed E-state index contributed by atoms with van der Waals surface area (Å²) in [6, 6.07) is 1.31. The van der Waals surface area contributed by atoms with Crippen molar-refractivity contribution >= 4 is 0 Å². The van der Waals surface area contributed by atoms with Crippen LogP contribution in [0.2, 0.25) is 0 Å². The summed E-state index contributed by atoms with van der Waals surface area (Å²) in [7, 11) is 0. The molecule has 3 heteroatoms. The number of rotatable bonds is 1. The molecule has 0 radical (unpaired) electrons. The smallest absolute Gasteiger partial charge is 0.138 e. The molecule has 102 valence electrons. The van der Waals surface area contributed by atoms with Gasteiger partial charge < -0.3 is 15.3 Å². The van der Waals surface area contributed by atoms with Gasteiger partial charge in [0.15, 0.2) is 0 Å². The van der Waals surface area contributed by atoms with Crippen molar-refractivity contribution in [2.45, 2.75) is 20.5 Å². The van der Waals surface area contributed by atoms with E-state index in [0.29, 0.717) is 11.1 Å². The molecule has 1 rings (SSSR count). The standard InChI is InChI=1S/C17H16O3/c1-11(2)5-7-13-9-16(19)14(8-6-12(3)4)15(10-18)17(13)20/h9,18-20H,1,3,10H2,2,4H3. The van der Waals surface area contributed by atoms with E-state index in [4.69, 9.17) is 0 Å². The van der Waals surface area contributed by atoms with E-state index in [-0.39, 0.29) is 28.2 Å². The quantitative estimate of drug-likeness (QED) is 0.541. The zero-order valence-corrected chi connectivity index (χ0v) is 11.5. The summed E-state index contributed by atoms with van der Waals surface area (Å²) in [5.74, 6) is 10.4. The number of hydrogen-bond acceptors (Lipinski definition) is 3. The van der Waals surface area contributed by atoms with E-state index in [0.717, 1.165) is 0 Å². The maximum Gasteiger partial charge on any atom is 0.138 e. The van der Waals surface area contributed by atoms with Gasteiger partial charge in [0, 0.05) is 11.6 Å². The number of benzene rings is 1. The molecular formula is C17H16O3. The molecule has 20 heavy (non-hydrogen) atoms. The predicted octanol–water partition coefficient (Wildman–Crippen LogP) is 2.45. The van der Waals surface area contributed by atoms with Crippen LogP contribution in [-0.2, 0) is 6.61 Å². The van der Waals surface area contributed by atoms with Crippen LogP contribution in [0.4, 0.5) is 0 Å². The normalized spacial score (nSPS) is 8.95. The van der Waals surface area contributed by atoms with Gasteiger partial charge in [-0.15, -0.1) is 0 Å². The third-order valence-electron chi connectivity index (χ3n) is 2.35. The summed E-state index contributed by atoms with van der Waals surface area (Å²) in [6.45, 7) is 10.3. The average Bonchev–Trinajstić information content (AvgIpc) is 2.37. The molecule has 0 fully saturated rings. The van der Waals surface area contributed by atoms with Crippen LogP contribution in [0.3, 0.4) is 0 Å². The van der Waals surface area contributed by atoms with Crippen molar-refractivity contribution < 1.29 is 15.3 Å². The van der Waals surface area contributed by atoms with Crippen molar-refractivity contribution in [2.75, 3.05) is 0 Å². The maximum atomic E-state index is 10.1. The molecule has 0 unspecified atom stereocenters. The molecular weight excluding hydrogens is 252 g/mol. The molecule has 0 saturated heterocycles. The lowest BCUT2D eigenvalue weighted by atomic mass is 10.0. The zero-order valence-electron chi connectivity index (χ0n) is 11.5. The van der Waals surface area contributed by atoms with Gasteiger partial charge in [0.2, 0.25) is 0 Å². The van der Waals surface area contributed by atoms with Gasteiger partial charge in [0.05, 0.1) is 17.7 Å². The number of allylic oxidation sites excluding steroid dienone is 2. The molecule has 0 aliphatic carbocycles. The van der Waals surface area contributed by atoms with E-state index < -0.39 is 6.61 Å². The topological polar surface area (TPSA) is 60.7 Å². The maximum absolute atomic E-state index is 10.1. The second-order valence-corrected chi connectivity index (χ2v) is 4.36. The Kier molecular flexibility index (Phi) is 5.03. The van der Waals surface area contributed by atoms with Crippen LogP contribution in [0.1, 0.15) is 30.5 Å². The molecule has 0 aromatic heterocycles. The number of phenolic OH excluding ortho intramolecular Hbond substituents is 1. The van der Waals surface area contributed by atoms with Crippen molar-refractivity contribution in [3.05, 3.63) is 47.1 Å². The largest absolute Gasteiger partial charge is 0.507 e. The minimum Gasteiger partial charge on any atom is -0.507 e. The van der Waals surface area contributed by atoms with Crippen molar-refractivity contribution in [2.24, 2.45) is 0 Å². The third-order valence-corrected chi connectivity index (χ3v) is 2.35. The van der Waals surface area contributed by atoms with Crippen LogP contribution in [0.5, 0.6) is 11.5 Å². The molecule has 0 heterocycles. The average molecular weight is 268 g/mol. The van der Waals surface area contributed by atoms with Crippen LogP contribution >= 0.6 is 0 Å². The highest BCUT2D eigenvalue weighted by molar-refractivity contribution is 5.63. The Hall–Kier alpha value is -2.62. The highest BCUT2D eigenvalue weighted by Gasteiger charge is 2.14. The number of phenols is 2. The van der Waals surface area contributed by atoms with Crippen molar-refractivity contribution in [3.8, 4) is 35.2 Å². The molecule has 0 amide bonds. The van der Waals surface area contributed by atoms with Crippen LogP contribution in [0.15, 0.2) is 30.4 Å². The van der Waals surface area contributed by atoms with E-state index in [9.17, 15) is 15.3 Å². The highest BCUT2D eigenvalue weighted by Crippen LogP contribution is 2.32. The van der Waals surface area contributed by atoms with Gasteiger partial charge in [-0.2, -0.15) is 0 Å². The first-order chi connectivity index (χ1) is 9.36. The Morgan fingerprint density at radius 2 is 1.65 bits per heavy atom. The minimum absolute atomic E-state index is 0.143. The Balaban J connectivity index is 3.51. The summed E-state index contributed by atoms with van der Waals surface area (Å²) in [4.78, 5) is 0. The summed E-state index contributed by atoms with van der Waals surface area (Å²) in [6.07, 6.45) is 0. The molecule has 0 bridgehead atoms. The summed E-state index contributed by atoms with van der Waals surface area (Å²) in [5, 5.41) is 29.4. The number of aliphatic hydroxyl groups excluding tert-OH is 1. The summed E-state index contributed by atoms with van der Waals surface area (Å²) in [5.41, 5.74) is 1.77. The van der Waals surface area contributed by atoms with Gasteiger partial charge in [-0.1, -0.05) is 36.8 Å². The Morgan fingerprint density at radius 3 is 2.15 bits per heavy atom. The number of aromatic hydroxyl groups is 2. The second-order valence-electron chi connectivity index (χ2n) is 4.36. The van der Waals surface area contributed by atoms with E-state index >= 15 is 0 Å². The van der Waals surface area contributed by atoms with Crippen LogP contribution in [0.25, 0.3) is 0 Å². The lowest BCUT2D eigenvalue weighted by Gasteiger charge is -2.09. The molecule has 0 aliphatic heterocycles. The van der Waals surface area contributed by atoms with E-state index in [2.05, 4.69) is 36.8 Å². The Bertz CT molecular complexity index is 689. The first-order valence-corrected chi connectivity index (χ1v) is 5.90. The molecule has 3 nitrogen and oxygen atoms in total. The molecule has 0 saturated carbocycles. The second kappa shape index (κ2) is 6.52. The Morgan fingerprint density at radius 1 is 1.10 bits per heavy atom.